The molecule has 2 atom stereocenters. The molecule has 6 heteroatoms. The average Bonchev–Trinajstić information content (AvgIpc) is 2.88. The SMILES string of the molecule is O=C(O)[C@@H](Cc1ccccc1)N1C(=O)N[C@H](Cc2ccccc2)C1=O. The Balaban J connectivity index is 1.78. The molecule has 2 N–H and O–H groups in total. The first-order valence-electron chi connectivity index (χ1n) is 8.00. The van der Waals surface area contributed by atoms with Crippen LogP contribution >= 0.6 is 0 Å². The van der Waals surface area contributed by atoms with E-state index in [1.165, 1.54) is 0 Å². The summed E-state index contributed by atoms with van der Waals surface area (Å²) in [5.41, 5.74) is 1.65. The Labute approximate surface area is 145 Å². The Bertz CT molecular complexity index is 777. The molecule has 2 aromatic carbocycles. The topological polar surface area (TPSA) is 86.7 Å². The van der Waals surface area contributed by atoms with Gasteiger partial charge in [-0.1, -0.05) is 60.7 Å². The molecule has 128 valence electrons. The first-order valence-corrected chi connectivity index (χ1v) is 8.00. The van der Waals surface area contributed by atoms with Gasteiger partial charge in [-0.3, -0.25) is 4.79 Å². The molecule has 1 aliphatic heterocycles. The Morgan fingerprint density at radius 1 is 1.00 bits per heavy atom. The van der Waals surface area contributed by atoms with Crippen molar-refractivity contribution >= 4 is 17.9 Å². The van der Waals surface area contributed by atoms with Gasteiger partial charge in [0.05, 0.1) is 0 Å². The highest BCUT2D eigenvalue weighted by molar-refractivity contribution is 6.07. The van der Waals surface area contributed by atoms with Gasteiger partial charge in [-0.25, -0.2) is 14.5 Å². The van der Waals surface area contributed by atoms with Crippen LogP contribution in [0, 0.1) is 0 Å². The minimum atomic E-state index is -1.23. The standard InChI is InChI=1S/C19H18N2O4/c22-17-15(11-13-7-3-1-4-8-13)20-19(25)21(17)16(18(23)24)12-14-9-5-2-6-10-14/h1-10,15-16H,11-12H2,(H,20,25)(H,23,24)/t15-,16-/m1/s1. The number of nitrogens with zero attached hydrogens (tertiary/aromatic N) is 1. The third-order valence-corrected chi connectivity index (χ3v) is 4.20. The third kappa shape index (κ3) is 3.68. The Morgan fingerprint density at radius 3 is 2.12 bits per heavy atom. The van der Waals surface area contributed by atoms with Gasteiger partial charge in [0, 0.05) is 12.8 Å². The quantitative estimate of drug-likeness (QED) is 0.787. The summed E-state index contributed by atoms with van der Waals surface area (Å²) in [7, 11) is 0. The van der Waals surface area contributed by atoms with E-state index in [1.54, 1.807) is 24.3 Å². The summed E-state index contributed by atoms with van der Waals surface area (Å²) < 4.78 is 0. The predicted octanol–water partition coefficient (Wildman–Crippen LogP) is 1.85. The highest BCUT2D eigenvalue weighted by Gasteiger charge is 2.44. The van der Waals surface area contributed by atoms with E-state index in [4.69, 9.17) is 0 Å². The molecule has 1 aliphatic rings. The van der Waals surface area contributed by atoms with Crippen molar-refractivity contribution in [1.82, 2.24) is 10.2 Å². The Morgan fingerprint density at radius 2 is 1.56 bits per heavy atom. The van der Waals surface area contributed by atoms with Crippen LogP contribution in [0.2, 0.25) is 0 Å². The van der Waals surface area contributed by atoms with Gasteiger partial charge in [0.25, 0.3) is 5.91 Å². The molecule has 3 amide bonds. The number of carboxylic acids is 1. The number of hydrogen-bond donors (Lipinski definition) is 2. The maximum atomic E-state index is 12.6. The molecule has 1 heterocycles. The summed E-state index contributed by atoms with van der Waals surface area (Å²) in [6, 6.07) is 15.6. The van der Waals surface area contributed by atoms with Crippen LogP contribution in [0.4, 0.5) is 4.79 Å². The van der Waals surface area contributed by atoms with E-state index in [2.05, 4.69) is 5.32 Å². The van der Waals surface area contributed by atoms with Crippen LogP contribution in [0.5, 0.6) is 0 Å². The smallest absolute Gasteiger partial charge is 0.327 e. The average molecular weight is 338 g/mol. The molecule has 1 fully saturated rings. The number of amides is 3. The lowest BCUT2D eigenvalue weighted by molar-refractivity contribution is -0.146. The van der Waals surface area contributed by atoms with Crippen molar-refractivity contribution in [1.29, 1.82) is 0 Å². The van der Waals surface area contributed by atoms with Gasteiger partial charge in [-0.15, -0.1) is 0 Å². The number of aliphatic carboxylic acids is 1. The minimum absolute atomic E-state index is 0.0768. The molecule has 0 radical (unpaired) electrons. The number of benzene rings is 2. The molecule has 0 spiro atoms. The van der Waals surface area contributed by atoms with E-state index in [-0.39, 0.29) is 6.42 Å². The first kappa shape index (κ1) is 16.7. The fourth-order valence-corrected chi connectivity index (χ4v) is 2.96. The van der Waals surface area contributed by atoms with Crippen molar-refractivity contribution in [3.05, 3.63) is 71.8 Å². The zero-order valence-electron chi connectivity index (χ0n) is 13.5. The minimum Gasteiger partial charge on any atom is -0.480 e. The third-order valence-electron chi connectivity index (χ3n) is 4.20. The number of rotatable bonds is 6. The molecule has 1 saturated heterocycles. The summed E-state index contributed by atoms with van der Waals surface area (Å²) in [6.45, 7) is 0. The second-order valence-corrected chi connectivity index (χ2v) is 5.94. The zero-order chi connectivity index (χ0) is 17.8. The summed E-state index contributed by atoms with van der Waals surface area (Å²) in [6.07, 6.45) is 0.410. The van der Waals surface area contributed by atoms with Crippen molar-refractivity contribution in [3.8, 4) is 0 Å². The molecule has 3 rings (SSSR count). The van der Waals surface area contributed by atoms with Crippen LogP contribution in [0.1, 0.15) is 11.1 Å². The molecule has 0 saturated carbocycles. The van der Waals surface area contributed by atoms with Crippen LogP contribution in [-0.4, -0.2) is 40.0 Å². The van der Waals surface area contributed by atoms with E-state index in [0.29, 0.717) is 6.42 Å². The number of carbonyl (C=O) groups is 3. The largest absolute Gasteiger partial charge is 0.480 e. The van der Waals surface area contributed by atoms with E-state index in [0.717, 1.165) is 16.0 Å². The fraction of sp³-hybridized carbons (Fsp3) is 0.211. The number of hydrogen-bond acceptors (Lipinski definition) is 3. The molecule has 2 aromatic rings. The van der Waals surface area contributed by atoms with Gasteiger partial charge in [0.1, 0.15) is 12.1 Å². The fourth-order valence-electron chi connectivity index (χ4n) is 2.96. The summed E-state index contributed by atoms with van der Waals surface area (Å²) in [4.78, 5) is 37.4. The number of nitrogens with one attached hydrogen (secondary N) is 1. The predicted molar refractivity (Wildman–Crippen MR) is 90.9 cm³/mol. The number of imide groups is 1. The van der Waals surface area contributed by atoms with Gasteiger partial charge in [0.2, 0.25) is 0 Å². The first-order chi connectivity index (χ1) is 12.1. The lowest BCUT2D eigenvalue weighted by atomic mass is 10.0. The molecule has 0 aliphatic carbocycles. The molecule has 0 unspecified atom stereocenters. The van der Waals surface area contributed by atoms with Gasteiger partial charge < -0.3 is 10.4 Å². The van der Waals surface area contributed by atoms with Crippen molar-refractivity contribution in [2.24, 2.45) is 0 Å². The summed E-state index contributed by atoms with van der Waals surface area (Å²) in [5, 5.41) is 12.1. The maximum absolute atomic E-state index is 12.6. The normalized spacial score (nSPS) is 18.1. The van der Waals surface area contributed by atoms with E-state index >= 15 is 0 Å². The van der Waals surface area contributed by atoms with E-state index in [1.807, 2.05) is 36.4 Å². The molecule has 0 bridgehead atoms. The second kappa shape index (κ2) is 7.17. The van der Waals surface area contributed by atoms with Crippen LogP contribution in [0.25, 0.3) is 0 Å². The molecule has 25 heavy (non-hydrogen) atoms. The van der Waals surface area contributed by atoms with Crippen LogP contribution in [0.3, 0.4) is 0 Å². The molecule has 6 nitrogen and oxygen atoms in total. The zero-order valence-corrected chi connectivity index (χ0v) is 13.5. The van der Waals surface area contributed by atoms with Crippen molar-refractivity contribution in [3.63, 3.8) is 0 Å². The lowest BCUT2D eigenvalue weighted by Gasteiger charge is -2.21. The molecule has 0 aromatic heterocycles. The van der Waals surface area contributed by atoms with Gasteiger partial charge in [0.15, 0.2) is 0 Å². The van der Waals surface area contributed by atoms with E-state index < -0.39 is 30.0 Å². The summed E-state index contributed by atoms with van der Waals surface area (Å²) >= 11 is 0. The maximum Gasteiger partial charge on any atom is 0.327 e. The Hall–Kier alpha value is -3.15. The highest BCUT2D eigenvalue weighted by Crippen LogP contribution is 2.18. The molecular weight excluding hydrogens is 320 g/mol. The molecular formula is C19H18N2O4. The highest BCUT2D eigenvalue weighted by atomic mass is 16.4. The second-order valence-electron chi connectivity index (χ2n) is 5.94. The lowest BCUT2D eigenvalue weighted by Crippen LogP contribution is -2.47. The number of carbonyl (C=O) groups excluding carboxylic acids is 2. The van der Waals surface area contributed by atoms with Crippen molar-refractivity contribution in [2.75, 3.05) is 0 Å². The summed E-state index contributed by atoms with van der Waals surface area (Å²) in [5.74, 6) is -1.70. The number of carboxylic acid groups (broad SMARTS) is 1. The number of urea groups is 1. The van der Waals surface area contributed by atoms with Crippen LogP contribution in [-0.2, 0) is 22.4 Å². The van der Waals surface area contributed by atoms with Crippen LogP contribution < -0.4 is 5.32 Å². The van der Waals surface area contributed by atoms with Crippen molar-refractivity contribution < 1.29 is 19.5 Å². The Kier molecular flexibility index (Phi) is 4.79. The van der Waals surface area contributed by atoms with Gasteiger partial charge in [-0.05, 0) is 11.1 Å². The van der Waals surface area contributed by atoms with Gasteiger partial charge in [-0.2, -0.15) is 0 Å². The van der Waals surface area contributed by atoms with Crippen molar-refractivity contribution in [2.45, 2.75) is 24.9 Å². The monoisotopic (exact) mass is 338 g/mol. The van der Waals surface area contributed by atoms with Crippen LogP contribution in [0.15, 0.2) is 60.7 Å². The van der Waals surface area contributed by atoms with E-state index in [9.17, 15) is 19.5 Å². The van der Waals surface area contributed by atoms with Gasteiger partial charge >= 0.3 is 12.0 Å².